The highest BCUT2D eigenvalue weighted by Gasteiger charge is 2.58. The molecule has 0 radical (unpaired) electrons. The van der Waals surface area contributed by atoms with Crippen LogP contribution in [-0.4, -0.2) is 24.3 Å². The highest BCUT2D eigenvalue weighted by molar-refractivity contribution is 6.37. The first-order valence-electron chi connectivity index (χ1n) is 6.14. The second-order valence-electron chi connectivity index (χ2n) is 5.55. The van der Waals surface area contributed by atoms with Gasteiger partial charge in [0.2, 0.25) is 0 Å². The van der Waals surface area contributed by atoms with E-state index in [1.807, 2.05) is 6.92 Å². The number of carbonyl (C=O) groups excluding carboxylic acids is 1. The molecule has 4 nitrogen and oxygen atoms in total. The molecule has 4 atom stereocenters. The van der Waals surface area contributed by atoms with Gasteiger partial charge < -0.3 is 10.2 Å². The first kappa shape index (κ1) is 10.1. The van der Waals surface area contributed by atoms with E-state index >= 15 is 0 Å². The molecule has 0 aromatic heterocycles. The monoisotopic (exact) mass is 222 g/mol. The molecule has 2 aliphatic carbocycles. The smallest absolute Gasteiger partial charge is 0.354 e. The lowest BCUT2D eigenvalue weighted by atomic mass is 9.77. The predicted octanol–water partition coefficient (Wildman–Crippen LogP) is 1.31. The van der Waals surface area contributed by atoms with Gasteiger partial charge in [0.15, 0.2) is 5.71 Å². The Kier molecular flexibility index (Phi) is 2.03. The van der Waals surface area contributed by atoms with Gasteiger partial charge in [-0.3, -0.25) is 0 Å². The zero-order chi connectivity index (χ0) is 11.3. The van der Waals surface area contributed by atoms with Crippen LogP contribution in [0, 0.1) is 17.3 Å². The maximum Gasteiger partial charge on any atom is 0.354 e. The maximum atomic E-state index is 11.7. The Hall–Kier alpha value is -1.06. The van der Waals surface area contributed by atoms with Crippen molar-refractivity contribution in [3.05, 3.63) is 0 Å². The van der Waals surface area contributed by atoms with Gasteiger partial charge in [-0.2, -0.15) is 5.10 Å². The third-order valence-electron chi connectivity index (χ3n) is 4.44. The number of rotatable bonds is 2. The highest BCUT2D eigenvalue weighted by Crippen LogP contribution is 2.62. The van der Waals surface area contributed by atoms with Gasteiger partial charge >= 0.3 is 5.97 Å². The average molecular weight is 222 g/mol. The number of ether oxygens (including phenoxy) is 1. The van der Waals surface area contributed by atoms with Gasteiger partial charge in [0.05, 0.1) is 12.6 Å². The second kappa shape index (κ2) is 3.22. The van der Waals surface area contributed by atoms with Gasteiger partial charge in [0.25, 0.3) is 0 Å². The molecule has 88 valence electrons. The van der Waals surface area contributed by atoms with Crippen molar-refractivity contribution in [1.29, 1.82) is 0 Å². The molecule has 2 saturated carbocycles. The van der Waals surface area contributed by atoms with Crippen molar-refractivity contribution < 1.29 is 9.53 Å². The van der Waals surface area contributed by atoms with Crippen molar-refractivity contribution in [2.45, 2.75) is 39.2 Å². The zero-order valence-electron chi connectivity index (χ0n) is 9.82. The van der Waals surface area contributed by atoms with Crippen LogP contribution in [0.25, 0.3) is 0 Å². The van der Waals surface area contributed by atoms with Crippen LogP contribution in [0.3, 0.4) is 0 Å². The van der Waals surface area contributed by atoms with E-state index in [1.165, 1.54) is 6.42 Å². The highest BCUT2D eigenvalue weighted by atomic mass is 16.5. The molecule has 16 heavy (non-hydrogen) atoms. The summed E-state index contributed by atoms with van der Waals surface area (Å²) in [7, 11) is 0. The van der Waals surface area contributed by atoms with Crippen LogP contribution >= 0.6 is 0 Å². The fourth-order valence-electron chi connectivity index (χ4n) is 3.31. The third kappa shape index (κ3) is 1.35. The van der Waals surface area contributed by atoms with Crippen LogP contribution in [0.15, 0.2) is 5.10 Å². The minimum atomic E-state index is -0.230. The molecule has 2 fully saturated rings. The molecular formula is C12H18N2O2. The molecule has 0 aromatic rings. The molecular weight excluding hydrogens is 204 g/mol. The van der Waals surface area contributed by atoms with E-state index in [4.69, 9.17) is 4.74 Å². The lowest BCUT2D eigenvalue weighted by molar-refractivity contribution is -0.135. The lowest BCUT2D eigenvalue weighted by Crippen LogP contribution is -2.38. The number of hydrazone groups is 1. The fraction of sp³-hybridized carbons (Fsp3) is 0.833. The summed E-state index contributed by atoms with van der Waals surface area (Å²) in [5.74, 6) is 0.861. The van der Waals surface area contributed by atoms with Crippen LogP contribution in [0.1, 0.15) is 33.1 Å². The molecule has 1 N–H and O–H groups in total. The summed E-state index contributed by atoms with van der Waals surface area (Å²) in [6.07, 6.45) is 3.57. The molecule has 0 aromatic carbocycles. The number of esters is 1. The Morgan fingerprint density at radius 2 is 2.44 bits per heavy atom. The van der Waals surface area contributed by atoms with Crippen molar-refractivity contribution in [2.24, 2.45) is 22.4 Å². The van der Waals surface area contributed by atoms with E-state index in [0.29, 0.717) is 29.7 Å². The van der Waals surface area contributed by atoms with Crippen molar-refractivity contribution in [1.82, 2.24) is 5.43 Å². The van der Waals surface area contributed by atoms with Crippen molar-refractivity contribution in [3.63, 3.8) is 0 Å². The molecule has 0 amide bonds. The summed E-state index contributed by atoms with van der Waals surface area (Å²) >= 11 is 0. The Morgan fingerprint density at radius 3 is 3.19 bits per heavy atom. The minimum Gasteiger partial charge on any atom is -0.461 e. The van der Waals surface area contributed by atoms with E-state index < -0.39 is 0 Å². The lowest BCUT2D eigenvalue weighted by Gasteiger charge is -2.28. The van der Waals surface area contributed by atoms with Gasteiger partial charge in [0.1, 0.15) is 0 Å². The van der Waals surface area contributed by atoms with Crippen LogP contribution in [0.2, 0.25) is 0 Å². The topological polar surface area (TPSA) is 50.7 Å². The Balaban J connectivity index is 1.73. The molecule has 1 aliphatic heterocycles. The van der Waals surface area contributed by atoms with Crippen molar-refractivity contribution in [2.75, 3.05) is 6.61 Å². The molecule has 3 aliphatic rings. The Labute approximate surface area is 95.4 Å². The SMILES string of the molecule is CCOC(=O)C1=NNC2C[C@@]3(C)C[C@H]3CC12. The largest absolute Gasteiger partial charge is 0.461 e. The molecule has 4 heteroatoms. The van der Waals surface area contributed by atoms with Gasteiger partial charge in [-0.05, 0) is 37.5 Å². The van der Waals surface area contributed by atoms with E-state index in [9.17, 15) is 4.79 Å². The van der Waals surface area contributed by atoms with Gasteiger partial charge in [-0.15, -0.1) is 0 Å². The second-order valence-corrected chi connectivity index (χ2v) is 5.55. The molecule has 1 heterocycles. The van der Waals surface area contributed by atoms with Crippen LogP contribution in [-0.2, 0) is 9.53 Å². The van der Waals surface area contributed by atoms with Crippen LogP contribution in [0.5, 0.6) is 0 Å². The summed E-state index contributed by atoms with van der Waals surface area (Å²) in [6, 6.07) is 0.364. The van der Waals surface area contributed by atoms with Crippen LogP contribution < -0.4 is 5.43 Å². The van der Waals surface area contributed by atoms with Crippen molar-refractivity contribution in [3.8, 4) is 0 Å². The number of nitrogens with zero attached hydrogens (tertiary/aromatic N) is 1. The summed E-state index contributed by atoms with van der Waals surface area (Å²) in [5, 5.41) is 4.18. The maximum absolute atomic E-state index is 11.7. The summed E-state index contributed by atoms with van der Waals surface area (Å²) in [5.41, 5.74) is 4.26. The molecule has 0 bridgehead atoms. The molecule has 3 rings (SSSR count). The number of hydrogen-bond acceptors (Lipinski definition) is 4. The fourth-order valence-corrected chi connectivity index (χ4v) is 3.31. The summed E-state index contributed by atoms with van der Waals surface area (Å²) < 4.78 is 5.04. The van der Waals surface area contributed by atoms with Gasteiger partial charge in [-0.1, -0.05) is 6.92 Å². The first-order chi connectivity index (χ1) is 7.64. The number of nitrogens with one attached hydrogen (secondary N) is 1. The van der Waals surface area contributed by atoms with E-state index in [-0.39, 0.29) is 5.97 Å². The van der Waals surface area contributed by atoms with Crippen molar-refractivity contribution >= 4 is 11.7 Å². The Bertz CT molecular complexity index is 366. The minimum absolute atomic E-state index is 0.230. The van der Waals surface area contributed by atoms with E-state index in [1.54, 1.807) is 0 Å². The van der Waals surface area contributed by atoms with Gasteiger partial charge in [0, 0.05) is 5.92 Å². The molecule has 2 unspecified atom stereocenters. The summed E-state index contributed by atoms with van der Waals surface area (Å²) in [4.78, 5) is 11.7. The number of hydrogen-bond donors (Lipinski definition) is 1. The average Bonchev–Trinajstić information content (AvgIpc) is 2.72. The summed E-state index contributed by atoms with van der Waals surface area (Å²) in [6.45, 7) is 4.60. The molecule has 0 spiro atoms. The number of fused-ring (bicyclic) bond motifs is 2. The molecule has 0 saturated heterocycles. The first-order valence-corrected chi connectivity index (χ1v) is 6.14. The van der Waals surface area contributed by atoms with E-state index in [2.05, 4.69) is 17.5 Å². The quantitative estimate of drug-likeness (QED) is 0.717. The predicted molar refractivity (Wildman–Crippen MR) is 59.9 cm³/mol. The number of carbonyl (C=O) groups is 1. The van der Waals surface area contributed by atoms with Gasteiger partial charge in [-0.25, -0.2) is 4.79 Å². The third-order valence-corrected chi connectivity index (χ3v) is 4.44. The zero-order valence-corrected chi connectivity index (χ0v) is 9.82. The standard InChI is InChI=1S/C12H18N2O2/c1-3-16-11(15)10-8-4-7-5-12(7,2)6-9(8)13-14-10/h7-9,13H,3-6H2,1-2H3/t7-,8?,9?,12-/m1/s1. The normalized spacial score (nSPS) is 43.9. The van der Waals surface area contributed by atoms with E-state index in [0.717, 1.165) is 18.8 Å². The van der Waals surface area contributed by atoms with Crippen LogP contribution in [0.4, 0.5) is 0 Å². The Morgan fingerprint density at radius 1 is 1.62 bits per heavy atom.